The molecule has 0 heterocycles. The van der Waals surface area contributed by atoms with Gasteiger partial charge in [0.15, 0.2) is 6.10 Å². The SMILES string of the molecule is CC/C=C\C/C=C\C/C=C\C/C=C\C/C=C\C/C=C\CCCCCCCCCCCCCCC(=O)OC(COC(=O)CCCCCC/C=C\C/C=C\C/C=C\C/C=C\C/C=C\C/C=C\CC)COP(=O)(O)OCC[N+](C)(C)C. The van der Waals surface area contributed by atoms with Crippen LogP contribution in [0.1, 0.15) is 219 Å². The fraction of sp³-hybridized carbons (Fsp3) is 0.618. The monoisotopic (exact) mass is 1100 g/mol. The third-order valence-electron chi connectivity index (χ3n) is 12.4. The van der Waals surface area contributed by atoms with Crippen molar-refractivity contribution in [3.8, 4) is 0 Å². The van der Waals surface area contributed by atoms with Crippen molar-refractivity contribution < 1.29 is 42.1 Å². The average molecular weight is 1100 g/mol. The Morgan fingerprint density at radius 2 is 0.692 bits per heavy atom. The zero-order valence-electron chi connectivity index (χ0n) is 50.1. The number of hydrogen-bond donors (Lipinski definition) is 1. The highest BCUT2D eigenvalue weighted by atomic mass is 31.2. The van der Waals surface area contributed by atoms with Gasteiger partial charge in [-0.2, -0.15) is 0 Å². The molecule has 0 saturated heterocycles. The molecule has 2 atom stereocenters. The molecular weight excluding hydrogens is 990 g/mol. The number of phosphoric acid groups is 1. The van der Waals surface area contributed by atoms with Crippen molar-refractivity contribution in [1.29, 1.82) is 0 Å². The standard InChI is InChI=1S/C68H112NO8P/c1-6-8-10-12-14-16-18-20-22-24-26-28-30-31-32-33-34-35-36-37-39-41-43-45-47-49-51-53-55-57-59-61-68(71)77-66(65-76-78(72,73)75-63-62-69(3,4)5)64-74-67(70)60-58-56-54-52-50-48-46-44-42-40-38-29-27-25-23-21-19-17-15-13-11-9-7-2/h8-11,14-17,20-23,26-29,31-32,34-35,40,42,46,48,66H,6-7,12-13,18-19,24-25,30,33,36-39,41,43-45,47,49-65H2,1-5H3/p+1/b10-8-,11-9-,16-14-,17-15-,22-20-,23-21-,28-26-,29-27-,32-31-,35-34-,42-40-,48-46-. The Labute approximate surface area is 478 Å². The molecule has 0 aliphatic rings. The highest BCUT2D eigenvalue weighted by Crippen LogP contribution is 2.43. The van der Waals surface area contributed by atoms with Gasteiger partial charge in [-0.3, -0.25) is 18.6 Å². The zero-order valence-corrected chi connectivity index (χ0v) is 51.0. The first-order chi connectivity index (χ1) is 38.0. The summed E-state index contributed by atoms with van der Waals surface area (Å²) in [5, 5.41) is 0. The fourth-order valence-corrected chi connectivity index (χ4v) is 8.47. The summed E-state index contributed by atoms with van der Waals surface area (Å²) < 4.78 is 34.6. The highest BCUT2D eigenvalue weighted by molar-refractivity contribution is 7.47. The van der Waals surface area contributed by atoms with Gasteiger partial charge in [-0.05, 0) is 116 Å². The molecule has 9 nitrogen and oxygen atoms in total. The van der Waals surface area contributed by atoms with Crippen LogP contribution in [0.3, 0.4) is 0 Å². The predicted octanol–water partition coefficient (Wildman–Crippen LogP) is 19.5. The Balaban J connectivity index is 4.21. The highest BCUT2D eigenvalue weighted by Gasteiger charge is 2.27. The summed E-state index contributed by atoms with van der Waals surface area (Å²) in [6.45, 7) is 4.16. The lowest BCUT2D eigenvalue weighted by Crippen LogP contribution is -2.37. The lowest BCUT2D eigenvalue weighted by atomic mass is 10.0. The van der Waals surface area contributed by atoms with Gasteiger partial charge in [-0.25, -0.2) is 4.57 Å². The molecule has 78 heavy (non-hydrogen) atoms. The van der Waals surface area contributed by atoms with Gasteiger partial charge < -0.3 is 18.9 Å². The first-order valence-electron chi connectivity index (χ1n) is 30.6. The summed E-state index contributed by atoms with van der Waals surface area (Å²) in [7, 11) is 1.44. The molecule has 0 spiro atoms. The fourth-order valence-electron chi connectivity index (χ4n) is 7.73. The Morgan fingerprint density at radius 1 is 0.397 bits per heavy atom. The van der Waals surface area contributed by atoms with E-state index in [4.69, 9.17) is 18.5 Å². The van der Waals surface area contributed by atoms with Gasteiger partial charge in [-0.15, -0.1) is 0 Å². The molecule has 0 amide bonds. The van der Waals surface area contributed by atoms with E-state index in [1.54, 1.807) is 0 Å². The summed E-state index contributed by atoms with van der Waals surface area (Å²) in [6, 6.07) is 0. The molecule has 0 aromatic carbocycles. The molecule has 0 aliphatic carbocycles. The maximum Gasteiger partial charge on any atom is 0.472 e. The van der Waals surface area contributed by atoms with Crippen LogP contribution in [-0.4, -0.2) is 74.9 Å². The van der Waals surface area contributed by atoms with Gasteiger partial charge >= 0.3 is 19.8 Å². The number of ether oxygens (including phenoxy) is 2. The first kappa shape index (κ1) is 73.9. The van der Waals surface area contributed by atoms with Gasteiger partial charge in [0.25, 0.3) is 0 Å². The Bertz CT molecular complexity index is 1820. The van der Waals surface area contributed by atoms with E-state index in [1.807, 2.05) is 21.1 Å². The van der Waals surface area contributed by atoms with Crippen LogP contribution in [0, 0.1) is 0 Å². The Hall–Kier alpha value is -4.11. The van der Waals surface area contributed by atoms with E-state index in [-0.39, 0.29) is 26.1 Å². The van der Waals surface area contributed by atoms with Crippen LogP contribution in [0.25, 0.3) is 0 Å². The van der Waals surface area contributed by atoms with Crippen LogP contribution < -0.4 is 0 Å². The van der Waals surface area contributed by atoms with Crippen molar-refractivity contribution in [3.05, 3.63) is 146 Å². The second-order valence-corrected chi connectivity index (χ2v) is 22.4. The Kier molecular flexibility index (Phi) is 54.5. The minimum atomic E-state index is -4.41. The average Bonchev–Trinajstić information content (AvgIpc) is 3.40. The number of hydrogen-bond acceptors (Lipinski definition) is 7. The number of allylic oxidation sites excluding steroid dienone is 24. The summed E-state index contributed by atoms with van der Waals surface area (Å²) >= 11 is 0. The van der Waals surface area contributed by atoms with E-state index in [0.717, 1.165) is 122 Å². The minimum Gasteiger partial charge on any atom is -0.462 e. The molecule has 0 fully saturated rings. The number of unbranched alkanes of at least 4 members (excludes halogenated alkanes) is 16. The third kappa shape index (κ3) is 61.1. The maximum atomic E-state index is 12.8. The summed E-state index contributed by atoms with van der Waals surface area (Å²) in [4.78, 5) is 35.8. The van der Waals surface area contributed by atoms with E-state index in [2.05, 4.69) is 160 Å². The van der Waals surface area contributed by atoms with Crippen molar-refractivity contribution in [3.63, 3.8) is 0 Å². The smallest absolute Gasteiger partial charge is 0.462 e. The molecule has 0 rings (SSSR count). The van der Waals surface area contributed by atoms with Crippen molar-refractivity contribution in [1.82, 2.24) is 0 Å². The second-order valence-electron chi connectivity index (χ2n) is 21.0. The Morgan fingerprint density at radius 3 is 1.03 bits per heavy atom. The summed E-state index contributed by atoms with van der Waals surface area (Å²) in [6.07, 6.45) is 84.9. The van der Waals surface area contributed by atoms with Crippen LogP contribution >= 0.6 is 7.82 Å². The first-order valence-corrected chi connectivity index (χ1v) is 32.1. The van der Waals surface area contributed by atoms with Crippen LogP contribution in [0.4, 0.5) is 0 Å². The summed E-state index contributed by atoms with van der Waals surface area (Å²) in [5.41, 5.74) is 0. The van der Waals surface area contributed by atoms with Gasteiger partial charge in [0.2, 0.25) is 0 Å². The number of rotatable bonds is 54. The quantitative estimate of drug-likeness (QED) is 0.0211. The molecule has 0 aromatic rings. The topological polar surface area (TPSA) is 108 Å². The van der Waals surface area contributed by atoms with Crippen LogP contribution in [-0.2, 0) is 32.7 Å². The summed E-state index contributed by atoms with van der Waals surface area (Å²) in [5.74, 6) is -0.838. The second kappa shape index (κ2) is 57.6. The molecule has 442 valence electrons. The van der Waals surface area contributed by atoms with E-state index < -0.39 is 32.5 Å². The van der Waals surface area contributed by atoms with Gasteiger partial charge in [0.05, 0.1) is 27.7 Å². The molecule has 2 unspecified atom stereocenters. The predicted molar refractivity (Wildman–Crippen MR) is 334 cm³/mol. The molecular formula is C68H113NO8P+. The van der Waals surface area contributed by atoms with E-state index in [0.29, 0.717) is 23.9 Å². The van der Waals surface area contributed by atoms with Crippen molar-refractivity contribution >= 4 is 19.8 Å². The molecule has 10 heteroatoms. The lowest BCUT2D eigenvalue weighted by Gasteiger charge is -2.24. The largest absolute Gasteiger partial charge is 0.472 e. The van der Waals surface area contributed by atoms with Crippen molar-refractivity contribution in [2.45, 2.75) is 225 Å². The molecule has 0 aliphatic heterocycles. The van der Waals surface area contributed by atoms with Crippen LogP contribution in [0.15, 0.2) is 146 Å². The molecule has 0 bridgehead atoms. The van der Waals surface area contributed by atoms with Crippen LogP contribution in [0.2, 0.25) is 0 Å². The van der Waals surface area contributed by atoms with E-state index >= 15 is 0 Å². The minimum absolute atomic E-state index is 0.0188. The number of nitrogens with zero attached hydrogens (tertiary/aromatic N) is 1. The van der Waals surface area contributed by atoms with E-state index in [9.17, 15) is 19.0 Å². The van der Waals surface area contributed by atoms with E-state index in [1.165, 1.54) is 57.8 Å². The number of carbonyl (C=O) groups is 2. The van der Waals surface area contributed by atoms with Gasteiger partial charge in [-0.1, -0.05) is 237 Å². The van der Waals surface area contributed by atoms with Crippen molar-refractivity contribution in [2.75, 3.05) is 47.5 Å². The number of quaternary nitrogens is 1. The number of likely N-dealkylation sites (N-methyl/N-ethyl adjacent to an activating group) is 1. The number of phosphoric ester groups is 1. The van der Waals surface area contributed by atoms with Crippen molar-refractivity contribution in [2.24, 2.45) is 0 Å². The molecule has 0 radical (unpaired) electrons. The lowest BCUT2D eigenvalue weighted by molar-refractivity contribution is -0.870. The normalized spacial score (nSPS) is 14.3. The maximum absolute atomic E-state index is 12.8. The van der Waals surface area contributed by atoms with Gasteiger partial charge in [0.1, 0.15) is 19.8 Å². The molecule has 0 saturated carbocycles. The van der Waals surface area contributed by atoms with Gasteiger partial charge in [0, 0.05) is 12.8 Å². The zero-order chi connectivity index (χ0) is 57.0. The molecule has 1 N–H and O–H groups in total. The van der Waals surface area contributed by atoms with Crippen LogP contribution in [0.5, 0.6) is 0 Å². The molecule has 0 aromatic heterocycles. The number of esters is 2. The third-order valence-corrected chi connectivity index (χ3v) is 13.3. The number of carbonyl (C=O) groups excluding carboxylic acids is 2.